The van der Waals surface area contributed by atoms with Gasteiger partial charge in [-0.15, -0.1) is 0 Å². The van der Waals surface area contributed by atoms with Crippen molar-refractivity contribution in [3.05, 3.63) is 40.4 Å². The van der Waals surface area contributed by atoms with Crippen molar-refractivity contribution in [3.63, 3.8) is 0 Å². The molecule has 1 saturated heterocycles. The molecule has 1 aromatic rings. The molecule has 0 saturated carbocycles. The summed E-state index contributed by atoms with van der Waals surface area (Å²) in [6.45, 7) is 2.67. The Morgan fingerprint density at radius 1 is 1.14 bits per heavy atom. The van der Waals surface area contributed by atoms with E-state index in [1.165, 1.54) is 0 Å². The van der Waals surface area contributed by atoms with Gasteiger partial charge >= 0.3 is 5.97 Å². The second-order valence-electron chi connectivity index (χ2n) is 7.07. The molecule has 1 heterocycles. The number of carbonyl (C=O) groups is 4. The summed E-state index contributed by atoms with van der Waals surface area (Å²) in [6, 6.07) is 3.58. The van der Waals surface area contributed by atoms with Gasteiger partial charge in [0, 0.05) is 0 Å². The average molecular weight is 405 g/mol. The van der Waals surface area contributed by atoms with Crippen molar-refractivity contribution in [2.45, 2.75) is 26.7 Å². The molecule has 0 aromatic heterocycles. The predicted molar refractivity (Wildman–Crippen MR) is 103 cm³/mol. The van der Waals surface area contributed by atoms with Crippen molar-refractivity contribution >= 4 is 41.0 Å². The van der Waals surface area contributed by atoms with Crippen molar-refractivity contribution in [1.29, 1.82) is 0 Å². The minimum Gasteiger partial charge on any atom is -0.454 e. The number of amides is 3. The Labute approximate surface area is 167 Å². The fourth-order valence-electron chi connectivity index (χ4n) is 3.60. The van der Waals surface area contributed by atoms with E-state index in [0.29, 0.717) is 23.6 Å². The Morgan fingerprint density at radius 2 is 1.75 bits per heavy atom. The zero-order valence-corrected chi connectivity index (χ0v) is 16.4. The standard InChI is InChI=1S/C20H21ClN2O5/c1-11-7-12(2)18(15(21)8-11)22-16(24)10-28-17(25)9-23-19(26)13-5-3-4-6-14(13)20(23)27/h3-4,7-8,13-14H,5-6,9-10H2,1-2H3,(H,22,24)/t13-,14-/m1/s1. The summed E-state index contributed by atoms with van der Waals surface area (Å²) < 4.78 is 4.94. The summed E-state index contributed by atoms with van der Waals surface area (Å²) in [7, 11) is 0. The number of esters is 1. The number of benzene rings is 1. The first-order valence-electron chi connectivity index (χ1n) is 9.00. The van der Waals surface area contributed by atoms with Gasteiger partial charge in [-0.3, -0.25) is 24.1 Å². The van der Waals surface area contributed by atoms with E-state index in [-0.39, 0.29) is 11.8 Å². The van der Waals surface area contributed by atoms with Gasteiger partial charge in [-0.1, -0.05) is 29.8 Å². The van der Waals surface area contributed by atoms with Gasteiger partial charge in [-0.25, -0.2) is 0 Å². The highest BCUT2D eigenvalue weighted by Crippen LogP contribution is 2.34. The number of anilines is 1. The smallest absolute Gasteiger partial charge is 0.326 e. The molecule has 8 heteroatoms. The molecule has 148 valence electrons. The average Bonchev–Trinajstić information content (AvgIpc) is 2.88. The summed E-state index contributed by atoms with van der Waals surface area (Å²) in [5, 5.41) is 3.00. The van der Waals surface area contributed by atoms with Gasteiger partial charge in [0.05, 0.1) is 22.5 Å². The number of nitrogens with one attached hydrogen (secondary N) is 1. The van der Waals surface area contributed by atoms with Crippen LogP contribution in [0.15, 0.2) is 24.3 Å². The third-order valence-electron chi connectivity index (χ3n) is 4.95. The Kier molecular flexibility index (Phi) is 5.84. The molecule has 1 N–H and O–H groups in total. The van der Waals surface area contributed by atoms with Crippen molar-refractivity contribution < 1.29 is 23.9 Å². The zero-order valence-electron chi connectivity index (χ0n) is 15.7. The molecular weight excluding hydrogens is 384 g/mol. The van der Waals surface area contributed by atoms with Gasteiger partial charge in [0.1, 0.15) is 6.54 Å². The lowest BCUT2D eigenvalue weighted by atomic mass is 9.85. The number of fused-ring (bicyclic) bond motifs is 1. The second-order valence-corrected chi connectivity index (χ2v) is 7.47. The summed E-state index contributed by atoms with van der Waals surface area (Å²) in [5.41, 5.74) is 2.20. The zero-order chi connectivity index (χ0) is 20.4. The molecule has 2 aliphatic rings. The Bertz CT molecular complexity index is 830. The fraction of sp³-hybridized carbons (Fsp3) is 0.400. The molecule has 1 aromatic carbocycles. The maximum Gasteiger partial charge on any atom is 0.326 e. The molecular formula is C20H21ClN2O5. The van der Waals surface area contributed by atoms with Gasteiger partial charge in [-0.2, -0.15) is 0 Å². The quantitative estimate of drug-likeness (QED) is 0.462. The highest BCUT2D eigenvalue weighted by Gasteiger charge is 2.47. The molecule has 0 radical (unpaired) electrons. The van der Waals surface area contributed by atoms with Crippen LogP contribution in [0.1, 0.15) is 24.0 Å². The van der Waals surface area contributed by atoms with Crippen molar-refractivity contribution in [2.24, 2.45) is 11.8 Å². The highest BCUT2D eigenvalue weighted by atomic mass is 35.5. The highest BCUT2D eigenvalue weighted by molar-refractivity contribution is 6.34. The third kappa shape index (κ3) is 4.09. The number of ether oxygens (including phenoxy) is 1. The number of allylic oxidation sites excluding steroid dienone is 2. The number of halogens is 1. The van der Waals surface area contributed by atoms with Crippen LogP contribution >= 0.6 is 11.6 Å². The van der Waals surface area contributed by atoms with Crippen LogP contribution in [0.25, 0.3) is 0 Å². The van der Waals surface area contributed by atoms with E-state index in [1.54, 1.807) is 13.0 Å². The number of rotatable bonds is 5. The van der Waals surface area contributed by atoms with Crippen LogP contribution in [0.3, 0.4) is 0 Å². The summed E-state index contributed by atoms with van der Waals surface area (Å²) in [6.07, 6.45) is 4.74. The summed E-state index contributed by atoms with van der Waals surface area (Å²) >= 11 is 6.14. The Morgan fingerprint density at radius 3 is 2.32 bits per heavy atom. The largest absolute Gasteiger partial charge is 0.454 e. The third-order valence-corrected chi connectivity index (χ3v) is 5.24. The normalized spacial score (nSPS) is 20.9. The van der Waals surface area contributed by atoms with E-state index in [2.05, 4.69) is 5.32 Å². The first kappa shape index (κ1) is 20.1. The molecule has 0 spiro atoms. The summed E-state index contributed by atoms with van der Waals surface area (Å²) in [5.74, 6) is -2.89. The van der Waals surface area contributed by atoms with Crippen molar-refractivity contribution in [3.8, 4) is 0 Å². The molecule has 0 bridgehead atoms. The van der Waals surface area contributed by atoms with Crippen LogP contribution in [-0.4, -0.2) is 41.7 Å². The van der Waals surface area contributed by atoms with Crippen LogP contribution in [0, 0.1) is 25.7 Å². The van der Waals surface area contributed by atoms with Gasteiger partial charge in [0.2, 0.25) is 11.8 Å². The topological polar surface area (TPSA) is 92.8 Å². The number of hydrogen-bond acceptors (Lipinski definition) is 5. The van der Waals surface area contributed by atoms with Crippen LogP contribution in [0.5, 0.6) is 0 Å². The first-order chi connectivity index (χ1) is 13.3. The lowest BCUT2D eigenvalue weighted by Gasteiger charge is -2.14. The van der Waals surface area contributed by atoms with Crippen LogP contribution in [-0.2, 0) is 23.9 Å². The van der Waals surface area contributed by atoms with Gasteiger partial charge in [-0.05, 0) is 43.9 Å². The molecule has 2 atom stereocenters. The minimum atomic E-state index is -0.810. The molecule has 0 unspecified atom stereocenters. The number of imide groups is 1. The van der Waals surface area contributed by atoms with Crippen LogP contribution < -0.4 is 5.32 Å². The van der Waals surface area contributed by atoms with E-state index >= 15 is 0 Å². The van der Waals surface area contributed by atoms with E-state index in [1.807, 2.05) is 25.1 Å². The van der Waals surface area contributed by atoms with Gasteiger partial charge < -0.3 is 10.1 Å². The maximum atomic E-state index is 12.3. The SMILES string of the molecule is Cc1cc(C)c(NC(=O)COC(=O)CN2C(=O)[C@@H]3CC=CC[C@H]3C2=O)c(Cl)c1. The summed E-state index contributed by atoms with van der Waals surface area (Å²) in [4.78, 5) is 49.7. The number of carbonyl (C=O) groups excluding carboxylic acids is 4. The van der Waals surface area contributed by atoms with Gasteiger partial charge in [0.15, 0.2) is 6.61 Å². The minimum absolute atomic E-state index is 0.359. The fourth-order valence-corrected chi connectivity index (χ4v) is 3.96. The van der Waals surface area contributed by atoms with Gasteiger partial charge in [0.25, 0.3) is 5.91 Å². The van der Waals surface area contributed by atoms with Crippen LogP contribution in [0.2, 0.25) is 5.02 Å². The molecule has 7 nitrogen and oxygen atoms in total. The van der Waals surface area contributed by atoms with Crippen molar-refractivity contribution in [2.75, 3.05) is 18.5 Å². The maximum absolute atomic E-state index is 12.3. The monoisotopic (exact) mass is 404 g/mol. The Hall–Kier alpha value is -2.67. The molecule has 1 aliphatic carbocycles. The molecule has 1 aliphatic heterocycles. The van der Waals surface area contributed by atoms with Crippen LogP contribution in [0.4, 0.5) is 5.69 Å². The lowest BCUT2D eigenvalue weighted by molar-refractivity contribution is -0.154. The molecule has 3 rings (SSSR count). The second kappa shape index (κ2) is 8.14. The number of likely N-dealkylation sites (tertiary alicyclic amines) is 1. The number of aryl methyl sites for hydroxylation is 2. The van der Waals surface area contributed by atoms with E-state index in [4.69, 9.17) is 16.3 Å². The van der Waals surface area contributed by atoms with E-state index in [0.717, 1.165) is 16.0 Å². The first-order valence-corrected chi connectivity index (χ1v) is 9.38. The predicted octanol–water partition coefficient (Wildman–Crippen LogP) is 2.39. The van der Waals surface area contributed by atoms with E-state index in [9.17, 15) is 19.2 Å². The molecule has 28 heavy (non-hydrogen) atoms. The molecule has 3 amide bonds. The lowest BCUT2D eigenvalue weighted by Crippen LogP contribution is -2.37. The van der Waals surface area contributed by atoms with E-state index < -0.39 is 36.9 Å². The Balaban J connectivity index is 1.53. The van der Waals surface area contributed by atoms with Crippen molar-refractivity contribution in [1.82, 2.24) is 4.90 Å². The number of nitrogens with zero attached hydrogens (tertiary/aromatic N) is 1. The number of hydrogen-bond donors (Lipinski definition) is 1. The molecule has 1 fully saturated rings.